The molecule has 1 aromatic heterocycles. The van der Waals surface area contributed by atoms with Crippen molar-refractivity contribution in [3.8, 4) is 11.1 Å². The third kappa shape index (κ3) is 3.95. The molecule has 0 bridgehead atoms. The summed E-state index contributed by atoms with van der Waals surface area (Å²) in [5.41, 5.74) is 4.98. The van der Waals surface area contributed by atoms with Gasteiger partial charge in [-0.05, 0) is 49.2 Å². The van der Waals surface area contributed by atoms with Crippen LogP contribution < -0.4 is 0 Å². The van der Waals surface area contributed by atoms with Crippen LogP contribution in [0, 0.1) is 4.64 Å². The van der Waals surface area contributed by atoms with Crippen molar-refractivity contribution in [1.29, 1.82) is 0 Å². The summed E-state index contributed by atoms with van der Waals surface area (Å²) in [6, 6.07) is 25.5. The lowest BCUT2D eigenvalue weighted by Crippen LogP contribution is -2.32. The number of benzene rings is 2. The van der Waals surface area contributed by atoms with Crippen LogP contribution >= 0.6 is 12.2 Å². The molecular weight excluding hydrogens is 336 g/mol. The smallest absolute Gasteiger partial charge is 0.111 e. The van der Waals surface area contributed by atoms with E-state index >= 15 is 0 Å². The number of piperidine rings is 1. The average molecular weight is 361 g/mol. The molecule has 0 atom stereocenters. The molecule has 0 saturated carbocycles. The molecule has 2 heterocycles. The van der Waals surface area contributed by atoms with Crippen molar-refractivity contribution < 1.29 is 0 Å². The Morgan fingerprint density at radius 3 is 2.15 bits per heavy atom. The molecular formula is C23H24N2S. The summed E-state index contributed by atoms with van der Waals surface area (Å²) in [5, 5.41) is 0. The molecule has 1 saturated heterocycles. The van der Waals surface area contributed by atoms with Gasteiger partial charge in [-0.15, -0.1) is 0 Å². The first-order valence-corrected chi connectivity index (χ1v) is 9.75. The maximum Gasteiger partial charge on any atom is 0.111 e. The number of pyridine rings is 1. The molecule has 26 heavy (non-hydrogen) atoms. The summed E-state index contributed by atoms with van der Waals surface area (Å²) >= 11 is 5.63. The van der Waals surface area contributed by atoms with Gasteiger partial charge in [0, 0.05) is 23.7 Å². The second-order valence-electron chi connectivity index (χ2n) is 7.06. The first kappa shape index (κ1) is 17.2. The van der Waals surface area contributed by atoms with Gasteiger partial charge in [-0.25, -0.2) is 0 Å². The van der Waals surface area contributed by atoms with Crippen LogP contribution in [-0.2, 0) is 6.54 Å². The minimum Gasteiger partial charge on any atom is -0.349 e. The zero-order valence-electron chi connectivity index (χ0n) is 14.9. The Hall–Kier alpha value is -2.23. The van der Waals surface area contributed by atoms with Crippen molar-refractivity contribution in [2.24, 2.45) is 0 Å². The van der Waals surface area contributed by atoms with Gasteiger partial charge in [0.2, 0.25) is 0 Å². The largest absolute Gasteiger partial charge is 0.349 e. The summed E-state index contributed by atoms with van der Waals surface area (Å²) in [6.07, 6.45) is 2.37. The van der Waals surface area contributed by atoms with E-state index in [9.17, 15) is 0 Å². The van der Waals surface area contributed by atoms with Crippen LogP contribution in [0.15, 0.2) is 72.8 Å². The fourth-order valence-electron chi connectivity index (χ4n) is 3.82. The molecule has 1 N–H and O–H groups in total. The van der Waals surface area contributed by atoms with Crippen LogP contribution in [0.3, 0.4) is 0 Å². The standard InChI is InChI=1S/C23H24N2S/c26-23-21(19-9-5-2-6-10-19)11-12-22(24-23)20-13-15-25(16-14-20)17-18-7-3-1-4-8-18/h1-12,20H,13-17H2,(H,24,26). The third-order valence-corrected chi connectivity index (χ3v) is 5.62. The second-order valence-corrected chi connectivity index (χ2v) is 7.47. The van der Waals surface area contributed by atoms with Gasteiger partial charge in [0.15, 0.2) is 0 Å². The van der Waals surface area contributed by atoms with Gasteiger partial charge in [-0.1, -0.05) is 72.9 Å². The highest BCUT2D eigenvalue weighted by atomic mass is 32.1. The van der Waals surface area contributed by atoms with E-state index in [2.05, 4.69) is 76.6 Å². The minimum atomic E-state index is 0.577. The molecule has 0 aliphatic carbocycles. The SMILES string of the molecule is S=c1[nH]c(C2CCN(Cc3ccccc3)CC2)ccc1-c1ccccc1. The van der Waals surface area contributed by atoms with E-state index in [1.165, 1.54) is 29.7 Å². The Kier molecular flexibility index (Phi) is 5.28. The Balaban J connectivity index is 1.42. The van der Waals surface area contributed by atoms with E-state index in [0.717, 1.165) is 29.8 Å². The van der Waals surface area contributed by atoms with Crippen LogP contribution in [0.5, 0.6) is 0 Å². The summed E-state index contributed by atoms with van der Waals surface area (Å²) in [6.45, 7) is 3.33. The van der Waals surface area contributed by atoms with Gasteiger partial charge < -0.3 is 4.98 Å². The monoisotopic (exact) mass is 360 g/mol. The molecule has 132 valence electrons. The number of hydrogen-bond donors (Lipinski definition) is 1. The molecule has 1 aliphatic rings. The van der Waals surface area contributed by atoms with Gasteiger partial charge in [-0.3, -0.25) is 4.90 Å². The van der Waals surface area contributed by atoms with Gasteiger partial charge in [0.25, 0.3) is 0 Å². The van der Waals surface area contributed by atoms with Crippen molar-refractivity contribution in [3.63, 3.8) is 0 Å². The number of aromatic amines is 1. The summed E-state index contributed by atoms with van der Waals surface area (Å²) in [5.74, 6) is 0.577. The summed E-state index contributed by atoms with van der Waals surface area (Å²) in [4.78, 5) is 6.06. The number of rotatable bonds is 4. The van der Waals surface area contributed by atoms with Crippen molar-refractivity contribution in [2.75, 3.05) is 13.1 Å². The van der Waals surface area contributed by atoms with Crippen LogP contribution in [0.25, 0.3) is 11.1 Å². The van der Waals surface area contributed by atoms with E-state index in [4.69, 9.17) is 12.2 Å². The normalized spacial score (nSPS) is 15.8. The lowest BCUT2D eigenvalue weighted by atomic mass is 9.92. The lowest BCUT2D eigenvalue weighted by molar-refractivity contribution is 0.203. The van der Waals surface area contributed by atoms with Crippen molar-refractivity contribution in [1.82, 2.24) is 9.88 Å². The molecule has 0 unspecified atom stereocenters. The number of nitrogens with one attached hydrogen (secondary N) is 1. The Bertz CT molecular complexity index is 894. The zero-order chi connectivity index (χ0) is 17.8. The van der Waals surface area contributed by atoms with Gasteiger partial charge >= 0.3 is 0 Å². The minimum absolute atomic E-state index is 0.577. The summed E-state index contributed by atoms with van der Waals surface area (Å²) < 4.78 is 0.848. The van der Waals surface area contributed by atoms with Crippen LogP contribution in [0.1, 0.15) is 30.0 Å². The summed E-state index contributed by atoms with van der Waals surface area (Å²) in [7, 11) is 0. The molecule has 0 amide bonds. The van der Waals surface area contributed by atoms with Crippen LogP contribution in [0.4, 0.5) is 0 Å². The molecule has 1 aliphatic heterocycles. The Morgan fingerprint density at radius 1 is 0.846 bits per heavy atom. The highest BCUT2D eigenvalue weighted by Gasteiger charge is 2.21. The first-order chi connectivity index (χ1) is 12.8. The molecule has 2 nitrogen and oxygen atoms in total. The highest BCUT2D eigenvalue weighted by molar-refractivity contribution is 7.71. The molecule has 3 aromatic rings. The van der Waals surface area contributed by atoms with Gasteiger partial charge in [-0.2, -0.15) is 0 Å². The predicted molar refractivity (Wildman–Crippen MR) is 111 cm³/mol. The first-order valence-electron chi connectivity index (χ1n) is 9.34. The van der Waals surface area contributed by atoms with Crippen LogP contribution in [-0.4, -0.2) is 23.0 Å². The predicted octanol–water partition coefficient (Wildman–Crippen LogP) is 5.79. The second kappa shape index (κ2) is 7.98. The zero-order valence-corrected chi connectivity index (χ0v) is 15.7. The Labute approximate surface area is 160 Å². The third-order valence-electron chi connectivity index (χ3n) is 5.29. The van der Waals surface area contributed by atoms with E-state index in [0.29, 0.717) is 5.92 Å². The van der Waals surface area contributed by atoms with Crippen LogP contribution in [0.2, 0.25) is 0 Å². The molecule has 2 aromatic carbocycles. The Morgan fingerprint density at radius 2 is 1.50 bits per heavy atom. The fourth-order valence-corrected chi connectivity index (χ4v) is 4.12. The number of nitrogens with zero attached hydrogens (tertiary/aromatic N) is 1. The maximum atomic E-state index is 5.63. The molecule has 0 radical (unpaired) electrons. The quantitative estimate of drug-likeness (QED) is 0.594. The van der Waals surface area contributed by atoms with Crippen molar-refractivity contribution in [2.45, 2.75) is 25.3 Å². The molecule has 3 heteroatoms. The highest BCUT2D eigenvalue weighted by Crippen LogP contribution is 2.29. The van der Waals surface area contributed by atoms with E-state index in [-0.39, 0.29) is 0 Å². The molecule has 0 spiro atoms. The van der Waals surface area contributed by atoms with E-state index in [1.807, 2.05) is 6.07 Å². The number of H-pyrrole nitrogens is 1. The van der Waals surface area contributed by atoms with Crippen molar-refractivity contribution >= 4 is 12.2 Å². The lowest BCUT2D eigenvalue weighted by Gasteiger charge is -2.32. The molecule has 1 fully saturated rings. The average Bonchev–Trinajstić information content (AvgIpc) is 2.70. The number of likely N-dealkylation sites (tertiary alicyclic amines) is 1. The topological polar surface area (TPSA) is 19.0 Å². The van der Waals surface area contributed by atoms with Gasteiger partial charge in [0.1, 0.15) is 4.64 Å². The van der Waals surface area contributed by atoms with Gasteiger partial charge in [0.05, 0.1) is 0 Å². The molecule has 4 rings (SSSR count). The van der Waals surface area contributed by atoms with Crippen molar-refractivity contribution in [3.05, 3.63) is 88.7 Å². The number of hydrogen-bond acceptors (Lipinski definition) is 2. The van der Waals surface area contributed by atoms with E-state index in [1.54, 1.807) is 0 Å². The van der Waals surface area contributed by atoms with E-state index < -0.39 is 0 Å². The fraction of sp³-hybridized carbons (Fsp3) is 0.261. The number of aromatic nitrogens is 1. The maximum absolute atomic E-state index is 5.63.